The van der Waals surface area contributed by atoms with Crippen LogP contribution in [0.4, 0.5) is 0 Å². The first-order chi connectivity index (χ1) is 8.16. The van der Waals surface area contributed by atoms with E-state index in [4.69, 9.17) is 11.6 Å². The van der Waals surface area contributed by atoms with Crippen LogP contribution < -0.4 is 5.43 Å². The van der Waals surface area contributed by atoms with Gasteiger partial charge >= 0.3 is 0 Å². The van der Waals surface area contributed by atoms with Crippen LogP contribution in [-0.2, 0) is 0 Å². The summed E-state index contributed by atoms with van der Waals surface area (Å²) in [4.78, 5) is 12.3. The highest BCUT2D eigenvalue weighted by molar-refractivity contribution is 9.10. The van der Waals surface area contributed by atoms with Crippen molar-refractivity contribution in [3.63, 3.8) is 0 Å². The van der Waals surface area contributed by atoms with E-state index in [1.54, 1.807) is 11.3 Å². The number of halogens is 2. The van der Waals surface area contributed by atoms with Gasteiger partial charge < -0.3 is 0 Å². The van der Waals surface area contributed by atoms with Crippen LogP contribution in [0.2, 0.25) is 5.02 Å². The predicted molar refractivity (Wildman–Crippen MR) is 78.3 cm³/mol. The summed E-state index contributed by atoms with van der Waals surface area (Å²) >= 11 is 11.1. The van der Waals surface area contributed by atoms with E-state index in [0.717, 1.165) is 19.3 Å². The standard InChI is InChI=1S/C13H6BrClOS/c14-7-5-9-12(16)8-3-1-2-4-11(8)17-13(9)10(15)6-7/h1-6H. The van der Waals surface area contributed by atoms with Crippen molar-refractivity contribution >= 4 is 59.0 Å². The monoisotopic (exact) mass is 324 g/mol. The summed E-state index contributed by atoms with van der Waals surface area (Å²) in [6.07, 6.45) is 0. The molecule has 0 saturated carbocycles. The molecule has 84 valence electrons. The van der Waals surface area contributed by atoms with Crippen LogP contribution in [0.15, 0.2) is 45.7 Å². The molecular formula is C13H6BrClOS. The molecule has 0 bridgehead atoms. The highest BCUT2D eigenvalue weighted by atomic mass is 79.9. The van der Waals surface area contributed by atoms with Crippen LogP contribution >= 0.6 is 38.9 Å². The molecule has 0 radical (unpaired) electrons. The topological polar surface area (TPSA) is 17.1 Å². The molecule has 1 aromatic heterocycles. The minimum atomic E-state index is 0.0394. The average Bonchev–Trinajstić information content (AvgIpc) is 2.31. The molecular weight excluding hydrogens is 320 g/mol. The van der Waals surface area contributed by atoms with Gasteiger partial charge in [0.2, 0.25) is 0 Å². The Morgan fingerprint density at radius 3 is 2.71 bits per heavy atom. The van der Waals surface area contributed by atoms with Crippen molar-refractivity contribution in [3.05, 3.63) is 56.1 Å². The van der Waals surface area contributed by atoms with Crippen molar-refractivity contribution in [3.8, 4) is 0 Å². The molecule has 0 aliphatic heterocycles. The first-order valence-electron chi connectivity index (χ1n) is 4.97. The third-order valence-electron chi connectivity index (χ3n) is 2.60. The summed E-state index contributed by atoms with van der Waals surface area (Å²) in [5, 5.41) is 2.04. The van der Waals surface area contributed by atoms with Crippen molar-refractivity contribution < 1.29 is 0 Å². The summed E-state index contributed by atoms with van der Waals surface area (Å²) in [5.41, 5.74) is 0.0394. The molecule has 0 atom stereocenters. The summed E-state index contributed by atoms with van der Waals surface area (Å²) < 4.78 is 2.64. The van der Waals surface area contributed by atoms with E-state index in [9.17, 15) is 4.79 Å². The lowest BCUT2D eigenvalue weighted by atomic mass is 10.2. The molecule has 1 heterocycles. The van der Waals surface area contributed by atoms with Gasteiger partial charge in [-0.05, 0) is 24.3 Å². The minimum Gasteiger partial charge on any atom is -0.289 e. The largest absolute Gasteiger partial charge is 0.289 e. The normalized spacial score (nSPS) is 11.2. The van der Waals surface area contributed by atoms with E-state index in [0.29, 0.717) is 10.4 Å². The van der Waals surface area contributed by atoms with Gasteiger partial charge in [-0.3, -0.25) is 4.79 Å². The van der Waals surface area contributed by atoms with E-state index >= 15 is 0 Å². The minimum absolute atomic E-state index is 0.0394. The van der Waals surface area contributed by atoms with Gasteiger partial charge in [0, 0.05) is 19.9 Å². The Morgan fingerprint density at radius 2 is 1.88 bits per heavy atom. The number of benzene rings is 2. The fourth-order valence-electron chi connectivity index (χ4n) is 1.83. The Morgan fingerprint density at radius 1 is 1.12 bits per heavy atom. The smallest absolute Gasteiger partial charge is 0.195 e. The molecule has 3 rings (SSSR count). The van der Waals surface area contributed by atoms with Crippen LogP contribution in [0.3, 0.4) is 0 Å². The molecule has 1 nitrogen and oxygen atoms in total. The van der Waals surface area contributed by atoms with E-state index in [1.807, 2.05) is 36.4 Å². The number of fused-ring (bicyclic) bond motifs is 2. The molecule has 0 saturated heterocycles. The predicted octanol–water partition coefficient (Wildman–Crippen LogP) is 4.83. The van der Waals surface area contributed by atoms with Gasteiger partial charge in [-0.1, -0.05) is 39.7 Å². The molecule has 0 N–H and O–H groups in total. The summed E-state index contributed by atoms with van der Waals surface area (Å²) in [6.45, 7) is 0. The van der Waals surface area contributed by atoms with Crippen molar-refractivity contribution in [1.29, 1.82) is 0 Å². The molecule has 0 spiro atoms. The lowest BCUT2D eigenvalue weighted by molar-refractivity contribution is 1.71. The van der Waals surface area contributed by atoms with E-state index in [1.165, 1.54) is 0 Å². The zero-order chi connectivity index (χ0) is 12.0. The number of hydrogen-bond donors (Lipinski definition) is 0. The highest BCUT2D eigenvalue weighted by Crippen LogP contribution is 2.32. The maximum atomic E-state index is 12.3. The maximum Gasteiger partial charge on any atom is 0.195 e. The zero-order valence-corrected chi connectivity index (χ0v) is 11.7. The molecule has 4 heteroatoms. The van der Waals surface area contributed by atoms with Crippen LogP contribution in [0, 0.1) is 0 Å². The third-order valence-corrected chi connectivity index (χ3v) is 4.68. The van der Waals surface area contributed by atoms with Crippen molar-refractivity contribution in [2.24, 2.45) is 0 Å². The van der Waals surface area contributed by atoms with E-state index < -0.39 is 0 Å². The van der Waals surface area contributed by atoms with Crippen LogP contribution in [0.25, 0.3) is 20.2 Å². The van der Waals surface area contributed by atoms with Gasteiger partial charge in [0.05, 0.1) is 9.72 Å². The van der Waals surface area contributed by atoms with Gasteiger partial charge in [0.15, 0.2) is 5.43 Å². The van der Waals surface area contributed by atoms with Crippen LogP contribution in [0.1, 0.15) is 0 Å². The lowest BCUT2D eigenvalue weighted by Crippen LogP contribution is -2.00. The first kappa shape index (κ1) is 11.2. The molecule has 17 heavy (non-hydrogen) atoms. The van der Waals surface area contributed by atoms with Crippen molar-refractivity contribution in [1.82, 2.24) is 0 Å². The van der Waals surface area contributed by atoms with Gasteiger partial charge in [0.25, 0.3) is 0 Å². The number of rotatable bonds is 0. The second-order valence-electron chi connectivity index (χ2n) is 3.69. The molecule has 0 aliphatic rings. The van der Waals surface area contributed by atoms with E-state index in [-0.39, 0.29) is 5.43 Å². The Kier molecular flexibility index (Phi) is 2.69. The van der Waals surface area contributed by atoms with Crippen LogP contribution in [-0.4, -0.2) is 0 Å². The molecule has 0 amide bonds. The Balaban J connectivity index is 2.64. The maximum absolute atomic E-state index is 12.3. The van der Waals surface area contributed by atoms with Gasteiger partial charge in [-0.25, -0.2) is 0 Å². The molecule has 0 aliphatic carbocycles. The second-order valence-corrected chi connectivity index (χ2v) is 6.07. The Bertz CT molecular complexity index is 794. The van der Waals surface area contributed by atoms with Gasteiger partial charge in [0.1, 0.15) is 0 Å². The highest BCUT2D eigenvalue weighted by Gasteiger charge is 2.09. The molecule has 2 aromatic carbocycles. The van der Waals surface area contributed by atoms with Crippen molar-refractivity contribution in [2.75, 3.05) is 0 Å². The van der Waals surface area contributed by atoms with Gasteiger partial charge in [-0.15, -0.1) is 11.3 Å². The summed E-state index contributed by atoms with van der Waals surface area (Å²) in [5.74, 6) is 0. The SMILES string of the molecule is O=c1c2ccccc2sc2c(Cl)cc(Br)cc12. The fourth-order valence-corrected chi connectivity index (χ4v) is 3.81. The molecule has 0 fully saturated rings. The number of hydrogen-bond acceptors (Lipinski definition) is 2. The summed E-state index contributed by atoms with van der Waals surface area (Å²) in [7, 11) is 0. The quantitative estimate of drug-likeness (QED) is 0.541. The zero-order valence-electron chi connectivity index (χ0n) is 8.54. The average molecular weight is 326 g/mol. The second kappa shape index (κ2) is 4.09. The van der Waals surface area contributed by atoms with Crippen LogP contribution in [0.5, 0.6) is 0 Å². The molecule has 3 aromatic rings. The third kappa shape index (κ3) is 1.79. The Hall–Kier alpha value is -0.900. The van der Waals surface area contributed by atoms with Gasteiger partial charge in [-0.2, -0.15) is 0 Å². The lowest BCUT2D eigenvalue weighted by Gasteiger charge is -2.03. The first-order valence-corrected chi connectivity index (χ1v) is 6.96. The fraction of sp³-hybridized carbons (Fsp3) is 0. The van der Waals surface area contributed by atoms with Crippen molar-refractivity contribution in [2.45, 2.75) is 0 Å². The van der Waals surface area contributed by atoms with E-state index in [2.05, 4.69) is 15.9 Å². The summed E-state index contributed by atoms with van der Waals surface area (Å²) in [6, 6.07) is 11.2. The molecule has 0 unspecified atom stereocenters. The Labute approximate surface area is 115 Å².